The summed E-state index contributed by atoms with van der Waals surface area (Å²) in [7, 11) is 0. The fraction of sp³-hybridized carbons (Fsp3) is 0.0667. The molecule has 5 nitrogen and oxygen atoms in total. The van der Waals surface area contributed by atoms with E-state index in [-0.39, 0.29) is 5.91 Å². The molecule has 7 heteroatoms. The Morgan fingerprint density at radius 1 is 1.32 bits per heavy atom. The van der Waals surface area contributed by atoms with Gasteiger partial charge in [0.15, 0.2) is 10.8 Å². The molecule has 0 fully saturated rings. The molecule has 2 heterocycles. The number of carbonyl (C=O) groups excluding carboxylic acids is 1. The molecule has 22 heavy (non-hydrogen) atoms. The molecule has 1 amide bonds. The molecular weight excluding hydrogens is 322 g/mol. The summed E-state index contributed by atoms with van der Waals surface area (Å²) >= 11 is 7.30. The number of amides is 1. The number of hydrazine groups is 1. The van der Waals surface area contributed by atoms with E-state index in [4.69, 9.17) is 16.0 Å². The zero-order valence-corrected chi connectivity index (χ0v) is 13.2. The molecule has 2 aromatic heterocycles. The van der Waals surface area contributed by atoms with E-state index in [0.717, 1.165) is 4.88 Å². The largest absolute Gasteiger partial charge is 0.462 e. The summed E-state index contributed by atoms with van der Waals surface area (Å²) in [6.45, 7) is 1.85. The molecule has 0 aliphatic rings. The number of aromatic nitrogens is 1. The molecule has 0 bridgehead atoms. The smallest absolute Gasteiger partial charge is 0.289 e. The first-order valence-corrected chi connectivity index (χ1v) is 7.66. The van der Waals surface area contributed by atoms with Crippen LogP contribution in [0.4, 0.5) is 5.69 Å². The van der Waals surface area contributed by atoms with Crippen molar-refractivity contribution >= 4 is 34.5 Å². The van der Waals surface area contributed by atoms with Crippen molar-refractivity contribution in [2.45, 2.75) is 6.92 Å². The number of rotatable bonds is 4. The third-order valence-corrected chi connectivity index (χ3v) is 4.11. The van der Waals surface area contributed by atoms with E-state index in [1.807, 2.05) is 13.0 Å². The van der Waals surface area contributed by atoms with Crippen molar-refractivity contribution in [3.8, 4) is 10.8 Å². The predicted octanol–water partition coefficient (Wildman–Crippen LogP) is 4.12. The van der Waals surface area contributed by atoms with Gasteiger partial charge in [-0.1, -0.05) is 17.7 Å². The summed E-state index contributed by atoms with van der Waals surface area (Å²) < 4.78 is 5.30. The van der Waals surface area contributed by atoms with E-state index < -0.39 is 0 Å². The summed E-state index contributed by atoms with van der Waals surface area (Å²) in [5.74, 6) is 0.335. The number of thiazole rings is 1. The first-order valence-electron chi connectivity index (χ1n) is 6.47. The first-order chi connectivity index (χ1) is 10.6. The van der Waals surface area contributed by atoms with Gasteiger partial charge in [-0.3, -0.25) is 15.6 Å². The minimum Gasteiger partial charge on any atom is -0.462 e. The summed E-state index contributed by atoms with van der Waals surface area (Å²) in [5, 5.41) is 1.26. The van der Waals surface area contributed by atoms with Crippen molar-refractivity contribution in [3.05, 3.63) is 58.3 Å². The quantitative estimate of drug-likeness (QED) is 0.705. The van der Waals surface area contributed by atoms with Crippen LogP contribution in [-0.4, -0.2) is 10.9 Å². The van der Waals surface area contributed by atoms with Crippen molar-refractivity contribution in [3.63, 3.8) is 0 Å². The van der Waals surface area contributed by atoms with Crippen molar-refractivity contribution < 1.29 is 9.21 Å². The second-order valence-corrected chi connectivity index (χ2v) is 6.13. The molecule has 3 aromatic rings. The van der Waals surface area contributed by atoms with Crippen LogP contribution in [0.2, 0.25) is 5.02 Å². The Bertz CT molecular complexity index is 799. The number of hydrogen-bond donors (Lipinski definition) is 2. The van der Waals surface area contributed by atoms with Crippen LogP contribution in [0.15, 0.2) is 47.1 Å². The lowest BCUT2D eigenvalue weighted by atomic mass is 10.3. The van der Waals surface area contributed by atoms with Crippen LogP contribution in [0.1, 0.15) is 15.4 Å². The van der Waals surface area contributed by atoms with Crippen LogP contribution in [0.3, 0.4) is 0 Å². The molecule has 0 aliphatic heterocycles. The Morgan fingerprint density at radius 3 is 2.91 bits per heavy atom. The van der Waals surface area contributed by atoms with Gasteiger partial charge in [-0.2, -0.15) is 0 Å². The number of carbonyl (C=O) groups is 1. The van der Waals surface area contributed by atoms with Gasteiger partial charge in [0.05, 0.1) is 12.0 Å². The molecule has 3 rings (SSSR count). The maximum Gasteiger partial charge on any atom is 0.289 e. The molecule has 0 saturated heterocycles. The van der Waals surface area contributed by atoms with Crippen molar-refractivity contribution in [1.29, 1.82) is 0 Å². The first kappa shape index (κ1) is 14.6. The fourth-order valence-electron chi connectivity index (χ4n) is 1.87. The third kappa shape index (κ3) is 3.13. The topological polar surface area (TPSA) is 67.2 Å². The number of benzene rings is 1. The summed E-state index contributed by atoms with van der Waals surface area (Å²) in [6, 6.07) is 10.7. The standard InChI is InChI=1S/C15H12ClN3O2S/c1-9-13(17-15(22-9)12-6-3-7-21-12)14(20)19-18-11-5-2-4-10(16)8-11/h2-8,18H,1H3,(H,19,20). The van der Waals surface area contributed by atoms with Gasteiger partial charge in [-0.15, -0.1) is 11.3 Å². The maximum atomic E-state index is 12.2. The van der Waals surface area contributed by atoms with Crippen molar-refractivity contribution in [2.24, 2.45) is 0 Å². The van der Waals surface area contributed by atoms with Crippen LogP contribution in [0.25, 0.3) is 10.8 Å². The molecule has 2 N–H and O–H groups in total. The maximum absolute atomic E-state index is 12.2. The highest BCUT2D eigenvalue weighted by atomic mass is 35.5. The van der Waals surface area contributed by atoms with Gasteiger partial charge in [0.25, 0.3) is 5.91 Å². The van der Waals surface area contributed by atoms with Gasteiger partial charge in [0, 0.05) is 9.90 Å². The third-order valence-electron chi connectivity index (χ3n) is 2.89. The van der Waals surface area contributed by atoms with Crippen LogP contribution in [-0.2, 0) is 0 Å². The molecule has 0 spiro atoms. The summed E-state index contributed by atoms with van der Waals surface area (Å²) in [4.78, 5) is 17.4. The minimum absolute atomic E-state index is 0.313. The van der Waals surface area contributed by atoms with Crippen LogP contribution < -0.4 is 10.9 Å². The highest BCUT2D eigenvalue weighted by molar-refractivity contribution is 7.15. The lowest BCUT2D eigenvalue weighted by molar-refractivity contribution is 0.0958. The average Bonchev–Trinajstić information content (AvgIpc) is 3.14. The molecule has 0 atom stereocenters. The highest BCUT2D eigenvalue weighted by Gasteiger charge is 2.17. The van der Waals surface area contributed by atoms with Gasteiger partial charge in [0.1, 0.15) is 5.69 Å². The van der Waals surface area contributed by atoms with Gasteiger partial charge in [-0.25, -0.2) is 4.98 Å². The Hall–Kier alpha value is -2.31. The highest BCUT2D eigenvalue weighted by Crippen LogP contribution is 2.27. The van der Waals surface area contributed by atoms with E-state index in [1.54, 1.807) is 36.6 Å². The molecule has 1 aromatic carbocycles. The van der Waals surface area contributed by atoms with Crippen molar-refractivity contribution in [1.82, 2.24) is 10.4 Å². The number of aryl methyl sites for hydroxylation is 1. The summed E-state index contributed by atoms with van der Waals surface area (Å²) in [6.07, 6.45) is 1.58. The van der Waals surface area contributed by atoms with E-state index in [9.17, 15) is 4.79 Å². The molecule has 0 radical (unpaired) electrons. The lowest BCUT2D eigenvalue weighted by Gasteiger charge is -2.07. The van der Waals surface area contributed by atoms with Gasteiger partial charge in [-0.05, 0) is 37.3 Å². The number of nitrogens with one attached hydrogen (secondary N) is 2. The van der Waals surface area contributed by atoms with E-state index >= 15 is 0 Å². The lowest BCUT2D eigenvalue weighted by Crippen LogP contribution is -2.30. The molecular formula is C15H12ClN3O2S. The number of hydrogen-bond acceptors (Lipinski definition) is 5. The van der Waals surface area contributed by atoms with Crippen LogP contribution >= 0.6 is 22.9 Å². The average molecular weight is 334 g/mol. The Morgan fingerprint density at radius 2 is 2.18 bits per heavy atom. The Kier molecular flexibility index (Phi) is 4.13. The Labute approximate surface area is 135 Å². The van der Waals surface area contributed by atoms with E-state index in [0.29, 0.717) is 27.2 Å². The summed E-state index contributed by atoms with van der Waals surface area (Å²) in [5.41, 5.74) is 6.48. The number of furan rings is 1. The SMILES string of the molecule is Cc1sc(-c2ccco2)nc1C(=O)NNc1cccc(Cl)c1. The second-order valence-electron chi connectivity index (χ2n) is 4.49. The van der Waals surface area contributed by atoms with E-state index in [1.165, 1.54) is 11.3 Å². The molecule has 0 saturated carbocycles. The molecule has 0 aliphatic carbocycles. The number of nitrogens with zero attached hydrogens (tertiary/aromatic N) is 1. The fourth-order valence-corrected chi connectivity index (χ4v) is 2.94. The minimum atomic E-state index is -0.313. The molecule has 0 unspecified atom stereocenters. The molecule has 112 valence electrons. The van der Waals surface area contributed by atoms with Crippen molar-refractivity contribution in [2.75, 3.05) is 5.43 Å². The number of anilines is 1. The van der Waals surface area contributed by atoms with E-state index in [2.05, 4.69) is 15.8 Å². The monoisotopic (exact) mass is 333 g/mol. The van der Waals surface area contributed by atoms with Crippen LogP contribution in [0, 0.1) is 6.92 Å². The van der Waals surface area contributed by atoms with Gasteiger partial charge in [0.2, 0.25) is 0 Å². The second kappa shape index (κ2) is 6.21. The Balaban J connectivity index is 1.72. The normalized spacial score (nSPS) is 10.5. The van der Waals surface area contributed by atoms with Gasteiger partial charge >= 0.3 is 0 Å². The predicted molar refractivity (Wildman–Crippen MR) is 87.1 cm³/mol. The number of halogens is 1. The van der Waals surface area contributed by atoms with Crippen LogP contribution in [0.5, 0.6) is 0 Å². The van der Waals surface area contributed by atoms with Gasteiger partial charge < -0.3 is 4.42 Å². The zero-order chi connectivity index (χ0) is 15.5. The zero-order valence-electron chi connectivity index (χ0n) is 11.6.